The molecule has 5 heteroatoms. The normalized spacial score (nSPS) is 17.5. The Bertz CT molecular complexity index is 1020. The molecule has 0 saturated heterocycles. The molecule has 5 nitrogen and oxygen atoms in total. The number of allylic oxidation sites excluding steroid dienone is 2. The second-order valence-corrected chi connectivity index (χ2v) is 8.55. The molecule has 0 fully saturated rings. The van der Waals surface area contributed by atoms with Gasteiger partial charge >= 0.3 is 5.97 Å². The smallest absolute Gasteiger partial charge is 0.337 e. The van der Waals surface area contributed by atoms with Crippen molar-refractivity contribution in [2.45, 2.75) is 44.9 Å². The number of rotatable bonds is 8. The maximum absolute atomic E-state index is 11.5. The van der Waals surface area contributed by atoms with E-state index in [4.69, 9.17) is 4.74 Å². The van der Waals surface area contributed by atoms with Crippen LogP contribution in [0.3, 0.4) is 0 Å². The second kappa shape index (κ2) is 9.94. The van der Waals surface area contributed by atoms with E-state index in [0.29, 0.717) is 24.6 Å². The standard InChI is InChI=1S/C27H32N2O3/c1-3-6-19-9-11-21(12-10-19)29(2)22-13-14-23-20(15-16-32-26(23)17-22)18-28-25-8-5-4-7-24(25)27(30)31/h4,7,9-14,17,20,28H,3,5-6,8,15-16,18H2,1-2H3,(H,30,31)/t20-/m0/s1. The molecule has 0 radical (unpaired) electrons. The van der Waals surface area contributed by atoms with Gasteiger partial charge in [-0.05, 0) is 61.1 Å². The summed E-state index contributed by atoms with van der Waals surface area (Å²) in [4.78, 5) is 13.7. The molecule has 1 aliphatic heterocycles. The molecule has 4 rings (SSSR count). The Hall–Kier alpha value is -3.21. The molecule has 1 heterocycles. The Kier molecular flexibility index (Phi) is 6.84. The van der Waals surface area contributed by atoms with Crippen LogP contribution < -0.4 is 15.0 Å². The molecule has 168 valence electrons. The van der Waals surface area contributed by atoms with Crippen LogP contribution in [0.2, 0.25) is 0 Å². The van der Waals surface area contributed by atoms with Gasteiger partial charge in [-0.2, -0.15) is 0 Å². The van der Waals surface area contributed by atoms with Crippen molar-refractivity contribution >= 4 is 17.3 Å². The van der Waals surface area contributed by atoms with Gasteiger partial charge in [-0.15, -0.1) is 0 Å². The van der Waals surface area contributed by atoms with Crippen molar-refractivity contribution < 1.29 is 14.6 Å². The number of carboxylic acids is 1. The molecule has 0 saturated carbocycles. The zero-order valence-corrected chi connectivity index (χ0v) is 18.9. The van der Waals surface area contributed by atoms with Crippen molar-refractivity contribution in [3.63, 3.8) is 0 Å². The fourth-order valence-corrected chi connectivity index (χ4v) is 4.49. The molecule has 0 unspecified atom stereocenters. The Morgan fingerprint density at radius 3 is 2.72 bits per heavy atom. The summed E-state index contributed by atoms with van der Waals surface area (Å²) in [5.41, 5.74) is 6.00. The number of aryl methyl sites for hydroxylation is 1. The van der Waals surface area contributed by atoms with Crippen LogP contribution in [-0.4, -0.2) is 31.3 Å². The quantitative estimate of drug-likeness (QED) is 0.573. The second-order valence-electron chi connectivity index (χ2n) is 8.55. The number of hydrogen-bond acceptors (Lipinski definition) is 4. The predicted molar refractivity (Wildman–Crippen MR) is 129 cm³/mol. The van der Waals surface area contributed by atoms with Crippen molar-refractivity contribution in [2.24, 2.45) is 0 Å². The van der Waals surface area contributed by atoms with Crippen LogP contribution in [0, 0.1) is 0 Å². The van der Waals surface area contributed by atoms with E-state index in [9.17, 15) is 9.90 Å². The first-order valence-corrected chi connectivity index (χ1v) is 11.5. The van der Waals surface area contributed by atoms with Gasteiger partial charge in [0.1, 0.15) is 5.75 Å². The van der Waals surface area contributed by atoms with E-state index < -0.39 is 5.97 Å². The minimum absolute atomic E-state index is 0.292. The van der Waals surface area contributed by atoms with Gasteiger partial charge in [0.15, 0.2) is 0 Å². The summed E-state index contributed by atoms with van der Waals surface area (Å²) in [5, 5.41) is 12.9. The highest BCUT2D eigenvalue weighted by atomic mass is 16.5. The third kappa shape index (κ3) is 4.82. The van der Waals surface area contributed by atoms with Gasteiger partial charge in [0.25, 0.3) is 0 Å². The summed E-state index contributed by atoms with van der Waals surface area (Å²) in [7, 11) is 2.08. The van der Waals surface area contributed by atoms with Gasteiger partial charge in [-0.25, -0.2) is 4.79 Å². The minimum atomic E-state index is -0.869. The van der Waals surface area contributed by atoms with Crippen LogP contribution in [0.4, 0.5) is 11.4 Å². The van der Waals surface area contributed by atoms with E-state index in [2.05, 4.69) is 66.7 Å². The first-order valence-electron chi connectivity index (χ1n) is 11.5. The number of anilines is 2. The number of hydrogen-bond donors (Lipinski definition) is 2. The van der Waals surface area contributed by atoms with Crippen LogP contribution in [0.5, 0.6) is 5.75 Å². The number of carbonyl (C=O) groups is 1. The van der Waals surface area contributed by atoms with Crippen molar-refractivity contribution in [1.82, 2.24) is 5.32 Å². The SMILES string of the molecule is CCCc1ccc(N(C)c2ccc3c(c2)OCC[C@H]3CNC2=C(C(=O)O)C=CCC2)cc1. The summed E-state index contributed by atoms with van der Waals surface area (Å²) in [6.45, 7) is 3.58. The molecule has 0 amide bonds. The van der Waals surface area contributed by atoms with Crippen molar-refractivity contribution in [2.75, 3.05) is 25.1 Å². The van der Waals surface area contributed by atoms with Gasteiger partial charge in [-0.3, -0.25) is 0 Å². The van der Waals surface area contributed by atoms with E-state index in [-0.39, 0.29) is 0 Å². The number of fused-ring (bicyclic) bond motifs is 1. The lowest BCUT2D eigenvalue weighted by atomic mass is 9.92. The van der Waals surface area contributed by atoms with E-state index in [1.165, 1.54) is 11.1 Å². The summed E-state index contributed by atoms with van der Waals surface area (Å²) >= 11 is 0. The Morgan fingerprint density at radius 2 is 1.97 bits per heavy atom. The minimum Gasteiger partial charge on any atom is -0.493 e. The molecule has 1 atom stereocenters. The van der Waals surface area contributed by atoms with Crippen molar-refractivity contribution in [3.8, 4) is 5.75 Å². The summed E-state index contributed by atoms with van der Waals surface area (Å²) in [6.07, 6.45) is 8.43. The summed E-state index contributed by atoms with van der Waals surface area (Å²) < 4.78 is 6.01. The highest BCUT2D eigenvalue weighted by Crippen LogP contribution is 2.37. The lowest BCUT2D eigenvalue weighted by Gasteiger charge is -2.29. The van der Waals surface area contributed by atoms with Gasteiger partial charge in [0, 0.05) is 42.6 Å². The highest BCUT2D eigenvalue weighted by Gasteiger charge is 2.24. The average molecular weight is 433 g/mol. The first-order chi connectivity index (χ1) is 15.6. The van der Waals surface area contributed by atoms with Crippen LogP contribution in [0.1, 0.15) is 49.7 Å². The van der Waals surface area contributed by atoms with Gasteiger partial charge in [-0.1, -0.05) is 37.6 Å². The van der Waals surface area contributed by atoms with Gasteiger partial charge in [0.2, 0.25) is 0 Å². The van der Waals surface area contributed by atoms with E-state index in [0.717, 1.165) is 54.9 Å². The molecule has 32 heavy (non-hydrogen) atoms. The Balaban J connectivity index is 1.48. The molecule has 2 aromatic rings. The van der Waals surface area contributed by atoms with Gasteiger partial charge in [0.05, 0.1) is 12.2 Å². The fraction of sp³-hybridized carbons (Fsp3) is 0.370. The fourth-order valence-electron chi connectivity index (χ4n) is 4.49. The molecule has 2 aliphatic rings. The predicted octanol–water partition coefficient (Wildman–Crippen LogP) is 5.55. The van der Waals surface area contributed by atoms with Crippen molar-refractivity contribution in [3.05, 3.63) is 77.0 Å². The molecule has 0 aromatic heterocycles. The van der Waals surface area contributed by atoms with Crippen LogP contribution >= 0.6 is 0 Å². The van der Waals surface area contributed by atoms with Crippen LogP contribution in [0.15, 0.2) is 65.9 Å². The highest BCUT2D eigenvalue weighted by molar-refractivity contribution is 5.91. The Morgan fingerprint density at radius 1 is 1.19 bits per heavy atom. The number of nitrogens with one attached hydrogen (secondary N) is 1. The molecular formula is C27H32N2O3. The average Bonchev–Trinajstić information content (AvgIpc) is 2.82. The lowest BCUT2D eigenvalue weighted by Crippen LogP contribution is -2.27. The van der Waals surface area contributed by atoms with E-state index in [1.54, 1.807) is 6.08 Å². The number of aliphatic carboxylic acids is 1. The van der Waals surface area contributed by atoms with Crippen molar-refractivity contribution in [1.29, 1.82) is 0 Å². The third-order valence-electron chi connectivity index (χ3n) is 6.37. The van der Waals surface area contributed by atoms with Gasteiger partial charge < -0.3 is 20.1 Å². The maximum Gasteiger partial charge on any atom is 0.337 e. The van der Waals surface area contributed by atoms with Crippen LogP contribution in [-0.2, 0) is 11.2 Å². The molecular weight excluding hydrogens is 400 g/mol. The largest absolute Gasteiger partial charge is 0.493 e. The first kappa shape index (κ1) is 22.0. The third-order valence-corrected chi connectivity index (χ3v) is 6.37. The zero-order chi connectivity index (χ0) is 22.5. The molecule has 0 bridgehead atoms. The van der Waals surface area contributed by atoms with E-state index >= 15 is 0 Å². The summed E-state index contributed by atoms with van der Waals surface area (Å²) in [5.74, 6) is 0.345. The number of carboxylic acid groups (broad SMARTS) is 1. The van der Waals surface area contributed by atoms with Crippen LogP contribution in [0.25, 0.3) is 0 Å². The molecule has 0 spiro atoms. The maximum atomic E-state index is 11.5. The van der Waals surface area contributed by atoms with E-state index in [1.807, 2.05) is 6.08 Å². The monoisotopic (exact) mass is 432 g/mol. The molecule has 2 N–H and O–H groups in total. The number of benzene rings is 2. The number of ether oxygens (including phenoxy) is 1. The zero-order valence-electron chi connectivity index (χ0n) is 18.9. The molecule has 1 aliphatic carbocycles. The Labute approximate surface area is 190 Å². The summed E-state index contributed by atoms with van der Waals surface area (Å²) in [6, 6.07) is 15.2. The topological polar surface area (TPSA) is 61.8 Å². The molecule has 2 aromatic carbocycles. The number of nitrogens with zero attached hydrogens (tertiary/aromatic N) is 1. The lowest BCUT2D eigenvalue weighted by molar-refractivity contribution is -0.132.